The van der Waals surface area contributed by atoms with Crippen LogP contribution in [-0.2, 0) is 23.7 Å². The Kier molecular flexibility index (Phi) is 7.15. The standard InChI is InChI=1S/C11H24O6/c1-7-8-9(12)10(13-2,14-3)11(15-4,16-5)17-6/h9,12H,7-8H2,1-6H3. The molecule has 17 heavy (non-hydrogen) atoms. The van der Waals surface area contributed by atoms with E-state index in [2.05, 4.69) is 0 Å². The maximum Gasteiger partial charge on any atom is 0.342 e. The van der Waals surface area contributed by atoms with E-state index < -0.39 is 17.9 Å². The molecule has 0 aliphatic rings. The molecular formula is C11H24O6. The molecule has 0 aromatic rings. The second kappa shape index (κ2) is 7.25. The number of methoxy groups -OCH3 is 5. The first-order chi connectivity index (χ1) is 8.03. The summed E-state index contributed by atoms with van der Waals surface area (Å²) in [4.78, 5) is 0. The highest BCUT2D eigenvalue weighted by Gasteiger charge is 2.60. The smallest absolute Gasteiger partial charge is 0.342 e. The third-order valence-corrected chi connectivity index (χ3v) is 2.84. The molecule has 1 atom stereocenters. The minimum atomic E-state index is -1.63. The Morgan fingerprint density at radius 1 is 0.882 bits per heavy atom. The molecule has 1 N–H and O–H groups in total. The normalized spacial score (nSPS) is 15.0. The SMILES string of the molecule is CCCC(O)C(OC)(OC)C(OC)(OC)OC. The minimum absolute atomic E-state index is 0.458. The molecule has 0 aromatic heterocycles. The molecule has 0 aliphatic carbocycles. The zero-order chi connectivity index (χ0) is 13.5. The number of aliphatic hydroxyl groups is 1. The van der Waals surface area contributed by atoms with Gasteiger partial charge in [0.15, 0.2) is 0 Å². The van der Waals surface area contributed by atoms with Crippen molar-refractivity contribution < 1.29 is 28.8 Å². The van der Waals surface area contributed by atoms with Crippen molar-refractivity contribution in [2.45, 2.75) is 37.6 Å². The Morgan fingerprint density at radius 3 is 1.53 bits per heavy atom. The van der Waals surface area contributed by atoms with Crippen molar-refractivity contribution in [2.24, 2.45) is 0 Å². The molecule has 6 nitrogen and oxygen atoms in total. The van der Waals surface area contributed by atoms with Crippen LogP contribution in [0.2, 0.25) is 0 Å². The molecule has 6 heteroatoms. The molecule has 0 saturated heterocycles. The molecule has 0 rings (SSSR count). The van der Waals surface area contributed by atoms with Crippen LogP contribution in [0.15, 0.2) is 0 Å². The molecule has 0 fully saturated rings. The lowest BCUT2D eigenvalue weighted by molar-refractivity contribution is -0.490. The van der Waals surface area contributed by atoms with Crippen LogP contribution in [0.5, 0.6) is 0 Å². The van der Waals surface area contributed by atoms with Gasteiger partial charge in [-0.3, -0.25) is 0 Å². The highest BCUT2D eigenvalue weighted by Crippen LogP contribution is 2.36. The van der Waals surface area contributed by atoms with Crippen molar-refractivity contribution >= 4 is 0 Å². The molecule has 0 saturated carbocycles. The third kappa shape index (κ3) is 2.78. The van der Waals surface area contributed by atoms with Gasteiger partial charge in [-0.1, -0.05) is 13.3 Å². The average Bonchev–Trinajstić information content (AvgIpc) is 2.36. The van der Waals surface area contributed by atoms with Crippen LogP contribution in [0.4, 0.5) is 0 Å². The van der Waals surface area contributed by atoms with Gasteiger partial charge < -0.3 is 28.8 Å². The van der Waals surface area contributed by atoms with Crippen molar-refractivity contribution in [3.8, 4) is 0 Å². The fraction of sp³-hybridized carbons (Fsp3) is 1.00. The number of ether oxygens (including phenoxy) is 5. The summed E-state index contributed by atoms with van der Waals surface area (Å²) in [5, 5.41) is 10.2. The third-order valence-electron chi connectivity index (χ3n) is 2.84. The van der Waals surface area contributed by atoms with Gasteiger partial charge in [0, 0.05) is 35.5 Å². The van der Waals surface area contributed by atoms with Crippen molar-refractivity contribution in [1.29, 1.82) is 0 Å². The van der Waals surface area contributed by atoms with Gasteiger partial charge in [-0.05, 0) is 6.42 Å². The maximum atomic E-state index is 10.2. The highest BCUT2D eigenvalue weighted by molar-refractivity contribution is 4.88. The Bertz CT molecular complexity index is 192. The molecule has 0 aliphatic heterocycles. The van der Waals surface area contributed by atoms with Gasteiger partial charge in [0.1, 0.15) is 6.10 Å². The number of hydrogen-bond acceptors (Lipinski definition) is 6. The van der Waals surface area contributed by atoms with Gasteiger partial charge in [0.2, 0.25) is 0 Å². The summed E-state index contributed by atoms with van der Waals surface area (Å²) >= 11 is 0. The topological polar surface area (TPSA) is 66.4 Å². The fourth-order valence-corrected chi connectivity index (χ4v) is 1.95. The second-order valence-electron chi connectivity index (χ2n) is 3.55. The summed E-state index contributed by atoms with van der Waals surface area (Å²) in [7, 11) is 6.96. The van der Waals surface area contributed by atoms with E-state index in [9.17, 15) is 5.11 Å². The summed E-state index contributed by atoms with van der Waals surface area (Å²) in [6, 6.07) is 0. The largest absolute Gasteiger partial charge is 0.387 e. The predicted octanol–water partition coefficient (Wildman–Crippen LogP) is 0.729. The maximum absolute atomic E-state index is 10.2. The van der Waals surface area contributed by atoms with Crippen LogP contribution < -0.4 is 0 Å². The molecule has 0 radical (unpaired) electrons. The summed E-state index contributed by atoms with van der Waals surface area (Å²) in [5.74, 6) is -3.19. The molecule has 1 unspecified atom stereocenters. The van der Waals surface area contributed by atoms with Crippen molar-refractivity contribution in [3.63, 3.8) is 0 Å². The molecule has 0 heterocycles. The van der Waals surface area contributed by atoms with E-state index in [1.54, 1.807) is 0 Å². The Balaban J connectivity index is 5.41. The first-order valence-electron chi connectivity index (χ1n) is 5.47. The van der Waals surface area contributed by atoms with Crippen LogP contribution >= 0.6 is 0 Å². The van der Waals surface area contributed by atoms with Crippen LogP contribution in [0, 0.1) is 0 Å². The van der Waals surface area contributed by atoms with Gasteiger partial charge in [-0.15, -0.1) is 0 Å². The van der Waals surface area contributed by atoms with E-state index >= 15 is 0 Å². The molecule has 0 aromatic carbocycles. The Morgan fingerprint density at radius 2 is 1.29 bits per heavy atom. The quantitative estimate of drug-likeness (QED) is 0.610. The molecule has 0 amide bonds. The van der Waals surface area contributed by atoms with E-state index in [1.807, 2.05) is 6.92 Å². The number of rotatable bonds is 9. The lowest BCUT2D eigenvalue weighted by Crippen LogP contribution is -2.66. The minimum Gasteiger partial charge on any atom is -0.387 e. The van der Waals surface area contributed by atoms with Gasteiger partial charge in [0.05, 0.1) is 0 Å². The van der Waals surface area contributed by atoms with Crippen molar-refractivity contribution in [1.82, 2.24) is 0 Å². The molecule has 0 spiro atoms. The van der Waals surface area contributed by atoms with E-state index in [-0.39, 0.29) is 0 Å². The van der Waals surface area contributed by atoms with Crippen LogP contribution in [-0.4, -0.2) is 58.5 Å². The zero-order valence-electron chi connectivity index (χ0n) is 11.5. The van der Waals surface area contributed by atoms with E-state index in [1.165, 1.54) is 35.5 Å². The van der Waals surface area contributed by atoms with Crippen LogP contribution in [0.3, 0.4) is 0 Å². The zero-order valence-corrected chi connectivity index (χ0v) is 11.5. The van der Waals surface area contributed by atoms with Gasteiger partial charge in [0.25, 0.3) is 5.79 Å². The van der Waals surface area contributed by atoms with Crippen molar-refractivity contribution in [3.05, 3.63) is 0 Å². The summed E-state index contributed by atoms with van der Waals surface area (Å²) in [6.07, 6.45) is 0.255. The van der Waals surface area contributed by atoms with Gasteiger partial charge in [-0.25, -0.2) is 0 Å². The highest BCUT2D eigenvalue weighted by atomic mass is 16.9. The summed E-state index contributed by atoms with van der Waals surface area (Å²) in [5.41, 5.74) is 0. The van der Waals surface area contributed by atoms with E-state index in [0.717, 1.165) is 6.42 Å². The van der Waals surface area contributed by atoms with Crippen LogP contribution in [0.25, 0.3) is 0 Å². The monoisotopic (exact) mass is 252 g/mol. The Labute approximate surface area is 103 Å². The lowest BCUT2D eigenvalue weighted by atomic mass is 10.0. The lowest BCUT2D eigenvalue weighted by Gasteiger charge is -2.46. The van der Waals surface area contributed by atoms with Crippen LogP contribution in [0.1, 0.15) is 19.8 Å². The van der Waals surface area contributed by atoms with E-state index in [0.29, 0.717) is 6.42 Å². The predicted molar refractivity (Wildman–Crippen MR) is 61.4 cm³/mol. The first kappa shape index (κ1) is 16.8. The fourth-order valence-electron chi connectivity index (χ4n) is 1.95. The van der Waals surface area contributed by atoms with Gasteiger partial charge >= 0.3 is 5.97 Å². The van der Waals surface area contributed by atoms with E-state index in [4.69, 9.17) is 23.7 Å². The molecular weight excluding hydrogens is 228 g/mol. The van der Waals surface area contributed by atoms with Crippen molar-refractivity contribution in [2.75, 3.05) is 35.5 Å². The molecule has 0 bridgehead atoms. The van der Waals surface area contributed by atoms with Gasteiger partial charge in [-0.2, -0.15) is 0 Å². The number of hydrogen-bond donors (Lipinski definition) is 1. The second-order valence-corrected chi connectivity index (χ2v) is 3.55. The first-order valence-corrected chi connectivity index (χ1v) is 5.47. The Hall–Kier alpha value is -0.240. The summed E-state index contributed by atoms with van der Waals surface area (Å²) < 4.78 is 26.2. The average molecular weight is 252 g/mol. The summed E-state index contributed by atoms with van der Waals surface area (Å²) in [6.45, 7) is 1.94. The molecule has 104 valence electrons. The number of aliphatic hydroxyl groups excluding tert-OH is 1.